The molecule has 3 N–H and O–H groups in total. The van der Waals surface area contributed by atoms with Crippen LogP contribution in [0.2, 0.25) is 0 Å². The molecule has 0 fully saturated rings. The van der Waals surface area contributed by atoms with E-state index in [0.717, 1.165) is 16.8 Å². The third-order valence-corrected chi connectivity index (χ3v) is 3.24. The summed E-state index contributed by atoms with van der Waals surface area (Å²) in [6, 6.07) is 8.07. The van der Waals surface area contributed by atoms with Crippen LogP contribution in [-0.2, 0) is 0 Å². The number of hydrogen-bond acceptors (Lipinski definition) is 4. The van der Waals surface area contributed by atoms with E-state index in [1.165, 1.54) is 0 Å². The van der Waals surface area contributed by atoms with Gasteiger partial charge in [-0.1, -0.05) is 30.4 Å². The molecule has 4 nitrogen and oxygen atoms in total. The van der Waals surface area contributed by atoms with Gasteiger partial charge in [-0.25, -0.2) is 0 Å². The Balaban J connectivity index is 2.77. The number of benzene rings is 1. The van der Waals surface area contributed by atoms with E-state index in [4.69, 9.17) is 10.2 Å². The zero-order chi connectivity index (χ0) is 16.2. The van der Waals surface area contributed by atoms with Gasteiger partial charge in [0.1, 0.15) is 0 Å². The molecule has 0 radical (unpaired) electrons. The molecule has 0 aliphatic heterocycles. The number of rotatable bonds is 9. The second kappa shape index (κ2) is 10.7. The van der Waals surface area contributed by atoms with Crippen LogP contribution in [0.25, 0.3) is 6.08 Å². The molecule has 120 valence electrons. The average molecular weight is 302 g/mol. The van der Waals surface area contributed by atoms with Crippen LogP contribution in [-0.4, -0.2) is 43.6 Å². The van der Waals surface area contributed by atoms with E-state index in [2.05, 4.69) is 17.5 Å². The normalized spacial score (nSPS) is 12.3. The van der Waals surface area contributed by atoms with Gasteiger partial charge in [0, 0.05) is 25.8 Å². The lowest BCUT2D eigenvalue weighted by Crippen LogP contribution is -2.29. The van der Waals surface area contributed by atoms with E-state index in [1.807, 2.05) is 61.5 Å². The summed E-state index contributed by atoms with van der Waals surface area (Å²) in [4.78, 5) is 1.96. The van der Waals surface area contributed by atoms with E-state index < -0.39 is 0 Å². The van der Waals surface area contributed by atoms with Crippen LogP contribution < -0.4 is 10.2 Å². The molecule has 1 aromatic carbocycles. The molecule has 0 heterocycles. The summed E-state index contributed by atoms with van der Waals surface area (Å²) < 4.78 is 0. The minimum absolute atomic E-state index is 0.0735. The Morgan fingerprint density at radius 3 is 2.23 bits per heavy atom. The number of nitrogens with zero attached hydrogens (tertiary/aromatic N) is 1. The molecular formula is C18H26N2O2. The van der Waals surface area contributed by atoms with Crippen molar-refractivity contribution in [2.75, 3.05) is 38.3 Å². The first-order chi connectivity index (χ1) is 10.7. The van der Waals surface area contributed by atoms with Crippen molar-refractivity contribution in [1.29, 1.82) is 0 Å². The lowest BCUT2D eigenvalue weighted by Gasteiger charge is -2.22. The van der Waals surface area contributed by atoms with E-state index in [1.54, 1.807) is 0 Å². The summed E-state index contributed by atoms with van der Waals surface area (Å²) in [5, 5.41) is 21.1. The number of nitrogens with one attached hydrogen (secondary N) is 1. The molecule has 4 heteroatoms. The van der Waals surface area contributed by atoms with Crippen molar-refractivity contribution in [3.8, 4) is 0 Å². The van der Waals surface area contributed by atoms with Crippen LogP contribution in [0, 0.1) is 0 Å². The van der Waals surface area contributed by atoms with Gasteiger partial charge in [0.2, 0.25) is 0 Å². The summed E-state index contributed by atoms with van der Waals surface area (Å²) in [7, 11) is 1.87. The van der Waals surface area contributed by atoms with Crippen LogP contribution in [0.3, 0.4) is 0 Å². The highest BCUT2D eigenvalue weighted by molar-refractivity contribution is 5.58. The second-order valence-electron chi connectivity index (χ2n) is 4.77. The van der Waals surface area contributed by atoms with Gasteiger partial charge in [0.25, 0.3) is 0 Å². The zero-order valence-corrected chi connectivity index (χ0v) is 13.4. The number of aliphatic hydroxyl groups excluding tert-OH is 2. The minimum atomic E-state index is 0.0735. The van der Waals surface area contributed by atoms with Gasteiger partial charge in [-0.3, -0.25) is 0 Å². The number of hydrogen-bond donors (Lipinski definition) is 3. The van der Waals surface area contributed by atoms with Gasteiger partial charge in [-0.05, 0) is 42.5 Å². The van der Waals surface area contributed by atoms with Crippen LogP contribution in [0.4, 0.5) is 5.69 Å². The van der Waals surface area contributed by atoms with Gasteiger partial charge in [0.05, 0.1) is 13.2 Å². The van der Waals surface area contributed by atoms with Gasteiger partial charge in [-0.15, -0.1) is 0 Å². The molecule has 0 aliphatic rings. The van der Waals surface area contributed by atoms with Crippen LogP contribution in [0.1, 0.15) is 12.5 Å². The average Bonchev–Trinajstić information content (AvgIpc) is 2.55. The Hall–Kier alpha value is -2.04. The molecule has 0 aromatic heterocycles. The lowest BCUT2D eigenvalue weighted by molar-refractivity contribution is 0.281. The Kier molecular flexibility index (Phi) is 8.72. The van der Waals surface area contributed by atoms with Crippen LogP contribution in [0.5, 0.6) is 0 Å². The van der Waals surface area contributed by atoms with Gasteiger partial charge >= 0.3 is 0 Å². The number of aliphatic hydroxyl groups is 2. The lowest BCUT2D eigenvalue weighted by atomic mass is 10.1. The molecule has 0 bridgehead atoms. The fourth-order valence-corrected chi connectivity index (χ4v) is 2.03. The zero-order valence-electron chi connectivity index (χ0n) is 13.4. The van der Waals surface area contributed by atoms with E-state index in [-0.39, 0.29) is 13.2 Å². The van der Waals surface area contributed by atoms with Crippen molar-refractivity contribution in [1.82, 2.24) is 5.32 Å². The maximum Gasteiger partial charge on any atom is 0.0606 e. The summed E-state index contributed by atoms with van der Waals surface area (Å²) in [6.07, 6.45) is 10.1. The summed E-state index contributed by atoms with van der Waals surface area (Å²) in [5.74, 6) is 0. The Labute approximate surface area is 133 Å². The molecule has 1 aromatic rings. The predicted octanol–water partition coefficient (Wildman–Crippen LogP) is 2.17. The first-order valence-electron chi connectivity index (χ1n) is 7.50. The predicted molar refractivity (Wildman–Crippen MR) is 93.8 cm³/mol. The van der Waals surface area contributed by atoms with Crippen LogP contribution >= 0.6 is 0 Å². The molecule has 0 saturated carbocycles. The highest BCUT2D eigenvalue weighted by atomic mass is 16.3. The van der Waals surface area contributed by atoms with Gasteiger partial charge < -0.3 is 20.4 Å². The summed E-state index contributed by atoms with van der Waals surface area (Å²) >= 11 is 0. The largest absolute Gasteiger partial charge is 0.395 e. The van der Waals surface area contributed by atoms with Gasteiger partial charge in [-0.2, -0.15) is 0 Å². The standard InChI is InChI=1S/C18H26N2O2/c1-3-16(10-11-19-2)4-5-17-6-8-18(9-7-17)20(12-14-21)13-15-22/h3-11,19,21-22H,12-15H2,1-2H3/b5-4+,11-10-,16-3-. The maximum absolute atomic E-state index is 9.07. The number of anilines is 1. The second-order valence-corrected chi connectivity index (χ2v) is 4.77. The Bertz CT molecular complexity index is 498. The highest BCUT2D eigenvalue weighted by Gasteiger charge is 2.04. The Morgan fingerprint density at radius 1 is 1.09 bits per heavy atom. The molecular weight excluding hydrogens is 276 g/mol. The van der Waals surface area contributed by atoms with E-state index >= 15 is 0 Å². The SMILES string of the molecule is C/C=C(\C=C/NC)/C=C/c1ccc(N(CCO)CCO)cc1. The Morgan fingerprint density at radius 2 is 1.73 bits per heavy atom. The van der Waals surface area contributed by atoms with E-state index in [9.17, 15) is 0 Å². The molecule has 0 saturated heterocycles. The molecule has 22 heavy (non-hydrogen) atoms. The summed E-state index contributed by atoms with van der Waals surface area (Å²) in [6.45, 7) is 3.19. The van der Waals surface area contributed by atoms with Crippen molar-refractivity contribution in [2.24, 2.45) is 0 Å². The molecule has 1 rings (SSSR count). The quantitative estimate of drug-likeness (QED) is 0.612. The van der Waals surface area contributed by atoms with E-state index in [0.29, 0.717) is 13.1 Å². The monoisotopic (exact) mass is 302 g/mol. The fraction of sp³-hybridized carbons (Fsp3) is 0.333. The first kappa shape index (κ1) is 18.0. The van der Waals surface area contributed by atoms with Gasteiger partial charge in [0.15, 0.2) is 0 Å². The third kappa shape index (κ3) is 6.16. The third-order valence-electron chi connectivity index (χ3n) is 3.24. The highest BCUT2D eigenvalue weighted by Crippen LogP contribution is 2.16. The molecule has 0 aliphatic carbocycles. The maximum atomic E-state index is 9.07. The number of allylic oxidation sites excluding steroid dienone is 4. The van der Waals surface area contributed by atoms with Crippen molar-refractivity contribution < 1.29 is 10.2 Å². The topological polar surface area (TPSA) is 55.7 Å². The molecule has 0 amide bonds. The molecule has 0 atom stereocenters. The van der Waals surface area contributed by atoms with Crippen molar-refractivity contribution >= 4 is 11.8 Å². The van der Waals surface area contributed by atoms with Crippen molar-refractivity contribution in [3.05, 3.63) is 59.8 Å². The van der Waals surface area contributed by atoms with Crippen molar-refractivity contribution in [2.45, 2.75) is 6.92 Å². The van der Waals surface area contributed by atoms with Crippen LogP contribution in [0.15, 0.2) is 54.3 Å². The molecule has 0 unspecified atom stereocenters. The summed E-state index contributed by atoms with van der Waals surface area (Å²) in [5.41, 5.74) is 3.23. The molecule has 0 spiro atoms. The van der Waals surface area contributed by atoms with Crippen molar-refractivity contribution in [3.63, 3.8) is 0 Å². The first-order valence-corrected chi connectivity index (χ1v) is 7.50. The fourth-order valence-electron chi connectivity index (χ4n) is 2.03. The minimum Gasteiger partial charge on any atom is -0.395 e. The smallest absolute Gasteiger partial charge is 0.0606 e.